The monoisotopic (exact) mass is 320 g/mol. The smallest absolute Gasteiger partial charge is 0.226 e. The van der Waals surface area contributed by atoms with Gasteiger partial charge in [-0.15, -0.1) is 12.4 Å². The van der Waals surface area contributed by atoms with Gasteiger partial charge in [0.15, 0.2) is 11.6 Å². The van der Waals surface area contributed by atoms with Gasteiger partial charge in [0.05, 0.1) is 13.2 Å². The summed E-state index contributed by atoms with van der Waals surface area (Å²) in [5.74, 6) is -2.10. The van der Waals surface area contributed by atoms with Crippen LogP contribution >= 0.6 is 12.4 Å². The zero-order chi connectivity index (χ0) is 14.7. The average molecular weight is 321 g/mol. The number of hydrogen-bond donors (Lipinski definition) is 1. The predicted molar refractivity (Wildman–Crippen MR) is 77.1 cm³/mol. The second-order valence-corrected chi connectivity index (χ2v) is 4.95. The highest BCUT2D eigenvalue weighted by atomic mass is 35.5. The molecule has 1 saturated heterocycles. The maximum absolute atomic E-state index is 13.2. The fraction of sp³-hybridized carbons (Fsp3) is 0.500. The van der Waals surface area contributed by atoms with Crippen LogP contribution in [0.2, 0.25) is 0 Å². The van der Waals surface area contributed by atoms with E-state index in [2.05, 4.69) is 0 Å². The summed E-state index contributed by atoms with van der Waals surface area (Å²) in [4.78, 5) is 13.7. The second kappa shape index (κ2) is 7.68. The first-order valence-corrected chi connectivity index (χ1v) is 6.58. The summed E-state index contributed by atoms with van der Waals surface area (Å²) in [5, 5.41) is 0. The first-order chi connectivity index (χ1) is 9.52. The van der Waals surface area contributed by atoms with Crippen molar-refractivity contribution < 1.29 is 18.3 Å². The van der Waals surface area contributed by atoms with E-state index < -0.39 is 17.7 Å². The van der Waals surface area contributed by atoms with Crippen LogP contribution in [0, 0.1) is 17.6 Å². The molecule has 1 aliphatic heterocycles. The van der Waals surface area contributed by atoms with Crippen molar-refractivity contribution in [2.75, 3.05) is 26.2 Å². The molecule has 2 atom stereocenters. The Morgan fingerprint density at radius 3 is 2.81 bits per heavy atom. The van der Waals surface area contributed by atoms with Crippen molar-refractivity contribution in [1.29, 1.82) is 0 Å². The van der Waals surface area contributed by atoms with Crippen LogP contribution in [0.3, 0.4) is 0 Å². The number of halogens is 3. The van der Waals surface area contributed by atoms with Gasteiger partial charge in [-0.3, -0.25) is 4.79 Å². The van der Waals surface area contributed by atoms with Gasteiger partial charge >= 0.3 is 0 Å². The zero-order valence-corrected chi connectivity index (χ0v) is 12.5. The normalized spacial score (nSPS) is 19.8. The van der Waals surface area contributed by atoms with Crippen molar-refractivity contribution in [3.63, 3.8) is 0 Å². The van der Waals surface area contributed by atoms with Gasteiger partial charge in [-0.2, -0.15) is 0 Å². The Labute approximate surface area is 128 Å². The van der Waals surface area contributed by atoms with Crippen LogP contribution in [-0.2, 0) is 9.53 Å². The number of carbonyl (C=O) groups excluding carboxylic acids is 1. The zero-order valence-electron chi connectivity index (χ0n) is 11.7. The number of amides is 1. The average Bonchev–Trinajstić information content (AvgIpc) is 2.48. The number of benzene rings is 1. The van der Waals surface area contributed by atoms with Crippen molar-refractivity contribution >= 4 is 18.3 Å². The molecule has 118 valence electrons. The molecule has 1 aliphatic rings. The molecule has 2 unspecified atom stereocenters. The number of nitrogens with two attached hydrogens (primary N) is 1. The third-order valence-electron chi connectivity index (χ3n) is 3.47. The lowest BCUT2D eigenvalue weighted by molar-refractivity contribution is -0.142. The van der Waals surface area contributed by atoms with Crippen LogP contribution in [0.25, 0.3) is 0 Å². The quantitative estimate of drug-likeness (QED) is 0.925. The summed E-state index contributed by atoms with van der Waals surface area (Å²) in [5.41, 5.74) is 6.02. The molecule has 1 heterocycles. The highest BCUT2D eigenvalue weighted by molar-refractivity contribution is 5.85. The molecular weight excluding hydrogens is 302 g/mol. The van der Waals surface area contributed by atoms with E-state index in [0.717, 1.165) is 12.1 Å². The van der Waals surface area contributed by atoms with Crippen molar-refractivity contribution in [3.8, 4) is 0 Å². The Balaban J connectivity index is 0.00000220. The first-order valence-electron chi connectivity index (χ1n) is 6.58. The Morgan fingerprint density at radius 1 is 1.48 bits per heavy atom. The molecule has 2 rings (SSSR count). The molecule has 7 heteroatoms. The molecule has 21 heavy (non-hydrogen) atoms. The summed E-state index contributed by atoms with van der Waals surface area (Å²) in [6.07, 6.45) is -0.437. The van der Waals surface area contributed by atoms with E-state index in [-0.39, 0.29) is 30.8 Å². The van der Waals surface area contributed by atoms with E-state index in [1.54, 1.807) is 11.8 Å². The van der Waals surface area contributed by atoms with Crippen LogP contribution in [-0.4, -0.2) is 37.0 Å². The van der Waals surface area contributed by atoms with E-state index in [0.29, 0.717) is 25.3 Å². The molecule has 1 fully saturated rings. The lowest BCUT2D eigenvalue weighted by atomic mass is 10.1. The standard InChI is InChI=1S/C14H18F2N2O2.ClH/c1-9(7-17)14(19)18-4-5-20-13(8-18)10-2-3-11(15)12(16)6-10;/h2-3,6,9,13H,4-5,7-8,17H2,1H3;1H. The van der Waals surface area contributed by atoms with Gasteiger partial charge in [-0.05, 0) is 17.7 Å². The molecule has 0 saturated carbocycles. The summed E-state index contributed by atoms with van der Waals surface area (Å²) < 4.78 is 31.7. The topological polar surface area (TPSA) is 55.6 Å². The van der Waals surface area contributed by atoms with E-state index in [9.17, 15) is 13.6 Å². The fourth-order valence-corrected chi connectivity index (χ4v) is 2.18. The van der Waals surface area contributed by atoms with Gasteiger partial charge in [0, 0.05) is 19.0 Å². The summed E-state index contributed by atoms with van der Waals surface area (Å²) in [7, 11) is 0. The van der Waals surface area contributed by atoms with Crippen molar-refractivity contribution in [2.45, 2.75) is 13.0 Å². The molecule has 0 aliphatic carbocycles. The molecule has 0 aromatic heterocycles. The van der Waals surface area contributed by atoms with Gasteiger partial charge in [-0.1, -0.05) is 13.0 Å². The molecular formula is C14H19ClF2N2O2. The minimum Gasteiger partial charge on any atom is -0.370 e. The number of hydrogen-bond acceptors (Lipinski definition) is 3. The SMILES string of the molecule is CC(CN)C(=O)N1CCOC(c2ccc(F)c(F)c2)C1.Cl. The van der Waals surface area contributed by atoms with Crippen LogP contribution in [0.5, 0.6) is 0 Å². The van der Waals surface area contributed by atoms with E-state index in [4.69, 9.17) is 10.5 Å². The van der Waals surface area contributed by atoms with E-state index >= 15 is 0 Å². The van der Waals surface area contributed by atoms with E-state index in [1.807, 2.05) is 0 Å². The summed E-state index contributed by atoms with van der Waals surface area (Å²) >= 11 is 0. The van der Waals surface area contributed by atoms with Crippen LogP contribution in [0.15, 0.2) is 18.2 Å². The van der Waals surface area contributed by atoms with Crippen molar-refractivity contribution in [1.82, 2.24) is 4.90 Å². The third-order valence-corrected chi connectivity index (χ3v) is 3.47. The molecule has 1 amide bonds. The second-order valence-electron chi connectivity index (χ2n) is 4.95. The van der Waals surface area contributed by atoms with E-state index in [1.165, 1.54) is 6.07 Å². The number of rotatable bonds is 3. The minimum absolute atomic E-state index is 0. The number of nitrogens with zero attached hydrogens (tertiary/aromatic N) is 1. The number of morpholine rings is 1. The maximum atomic E-state index is 13.2. The Bertz CT molecular complexity index is 502. The highest BCUT2D eigenvalue weighted by Gasteiger charge is 2.28. The Kier molecular flexibility index (Phi) is 6.51. The lowest BCUT2D eigenvalue weighted by Crippen LogP contribution is -2.45. The number of carbonyl (C=O) groups is 1. The van der Waals surface area contributed by atoms with Crippen LogP contribution in [0.1, 0.15) is 18.6 Å². The molecule has 4 nitrogen and oxygen atoms in total. The van der Waals surface area contributed by atoms with Gasteiger partial charge in [0.1, 0.15) is 6.10 Å². The molecule has 2 N–H and O–H groups in total. The summed E-state index contributed by atoms with van der Waals surface area (Å²) in [6.45, 7) is 3.24. The first kappa shape index (κ1) is 17.8. The molecule has 0 spiro atoms. The van der Waals surface area contributed by atoms with Gasteiger partial charge in [0.25, 0.3) is 0 Å². The van der Waals surface area contributed by atoms with Gasteiger partial charge in [-0.25, -0.2) is 8.78 Å². The molecule has 0 bridgehead atoms. The summed E-state index contributed by atoms with van der Waals surface area (Å²) in [6, 6.07) is 3.65. The largest absolute Gasteiger partial charge is 0.370 e. The minimum atomic E-state index is -0.912. The van der Waals surface area contributed by atoms with Crippen LogP contribution in [0.4, 0.5) is 8.78 Å². The highest BCUT2D eigenvalue weighted by Crippen LogP contribution is 2.24. The van der Waals surface area contributed by atoms with Crippen molar-refractivity contribution in [2.24, 2.45) is 11.7 Å². The fourth-order valence-electron chi connectivity index (χ4n) is 2.18. The molecule has 0 radical (unpaired) electrons. The molecule has 1 aromatic rings. The maximum Gasteiger partial charge on any atom is 0.226 e. The van der Waals surface area contributed by atoms with Gasteiger partial charge in [0.2, 0.25) is 5.91 Å². The number of ether oxygens (including phenoxy) is 1. The Morgan fingerprint density at radius 2 is 2.19 bits per heavy atom. The lowest BCUT2D eigenvalue weighted by Gasteiger charge is -2.34. The molecule has 1 aromatic carbocycles. The van der Waals surface area contributed by atoms with Crippen molar-refractivity contribution in [3.05, 3.63) is 35.4 Å². The van der Waals surface area contributed by atoms with Crippen LogP contribution < -0.4 is 5.73 Å². The predicted octanol–water partition coefficient (Wildman–Crippen LogP) is 1.88. The Hall–Kier alpha value is -1.24. The third kappa shape index (κ3) is 4.12. The van der Waals surface area contributed by atoms with Gasteiger partial charge < -0.3 is 15.4 Å².